The summed E-state index contributed by atoms with van der Waals surface area (Å²) >= 11 is 0. The predicted molar refractivity (Wildman–Crippen MR) is 81.6 cm³/mol. The molecule has 0 aromatic heterocycles. The summed E-state index contributed by atoms with van der Waals surface area (Å²) in [6.07, 6.45) is 5.10. The molecule has 3 heteroatoms. The Balaban J connectivity index is 3.21. The third kappa shape index (κ3) is 3.75. The van der Waals surface area contributed by atoms with Crippen LogP contribution in [0.3, 0.4) is 0 Å². The maximum atomic E-state index is 11.3. The summed E-state index contributed by atoms with van der Waals surface area (Å²) in [4.78, 5) is 11.3. The second kappa shape index (κ2) is 6.78. The van der Waals surface area contributed by atoms with Gasteiger partial charge in [0.2, 0.25) is 0 Å². The molecule has 0 aliphatic carbocycles. The van der Waals surface area contributed by atoms with Crippen molar-refractivity contribution in [1.82, 2.24) is 0 Å². The lowest BCUT2D eigenvalue weighted by Crippen LogP contribution is -2.19. The average molecular weight is 278 g/mol. The van der Waals surface area contributed by atoms with Crippen LogP contribution in [0.2, 0.25) is 0 Å². The normalized spacial score (nSPS) is 11.6. The summed E-state index contributed by atoms with van der Waals surface area (Å²) in [6.45, 7) is 8.29. The van der Waals surface area contributed by atoms with Gasteiger partial charge in [0.25, 0.3) is 0 Å². The maximum absolute atomic E-state index is 11.3. The van der Waals surface area contributed by atoms with Crippen LogP contribution in [0.5, 0.6) is 5.75 Å². The Morgan fingerprint density at radius 2 is 1.85 bits per heavy atom. The van der Waals surface area contributed by atoms with E-state index in [1.807, 2.05) is 13.0 Å². The van der Waals surface area contributed by atoms with Gasteiger partial charge in [0.1, 0.15) is 11.3 Å². The lowest BCUT2D eigenvalue weighted by molar-refractivity contribution is 0.0693. The zero-order valence-electron chi connectivity index (χ0n) is 13.0. The molecule has 0 unspecified atom stereocenters. The van der Waals surface area contributed by atoms with Gasteiger partial charge in [-0.25, -0.2) is 4.79 Å². The highest BCUT2D eigenvalue weighted by Crippen LogP contribution is 2.38. The number of carboxylic acids is 1. The molecule has 0 aliphatic heterocycles. The summed E-state index contributed by atoms with van der Waals surface area (Å²) < 4.78 is 0. The first-order valence-electron chi connectivity index (χ1n) is 7.43. The number of carboxylic acid groups (broad SMARTS) is 1. The van der Waals surface area contributed by atoms with E-state index in [2.05, 4.69) is 20.8 Å². The van der Waals surface area contributed by atoms with Crippen molar-refractivity contribution < 1.29 is 15.0 Å². The molecule has 0 spiro atoms. The highest BCUT2D eigenvalue weighted by molar-refractivity contribution is 5.91. The van der Waals surface area contributed by atoms with Crippen LogP contribution in [0.4, 0.5) is 0 Å². The zero-order chi connectivity index (χ0) is 15.3. The molecule has 2 N–H and O–H groups in total. The molecular formula is C17H26O3. The van der Waals surface area contributed by atoms with Crippen molar-refractivity contribution >= 4 is 5.97 Å². The minimum atomic E-state index is -1.07. The van der Waals surface area contributed by atoms with Gasteiger partial charge in [-0.2, -0.15) is 0 Å². The lowest BCUT2D eigenvalue weighted by atomic mass is 9.78. The molecule has 0 aliphatic rings. The van der Waals surface area contributed by atoms with E-state index < -0.39 is 5.97 Å². The Morgan fingerprint density at radius 1 is 1.20 bits per heavy atom. The van der Waals surface area contributed by atoms with E-state index in [1.54, 1.807) is 6.07 Å². The molecule has 0 saturated carbocycles. The number of benzene rings is 1. The van der Waals surface area contributed by atoms with E-state index in [1.165, 1.54) is 0 Å². The fourth-order valence-electron chi connectivity index (χ4n) is 2.53. The monoisotopic (exact) mass is 278 g/mol. The van der Waals surface area contributed by atoms with Gasteiger partial charge in [-0.15, -0.1) is 0 Å². The fraction of sp³-hybridized carbons (Fsp3) is 0.588. The van der Waals surface area contributed by atoms with E-state index >= 15 is 0 Å². The second-order valence-electron chi connectivity index (χ2n) is 6.04. The van der Waals surface area contributed by atoms with Crippen LogP contribution in [-0.4, -0.2) is 16.2 Å². The van der Waals surface area contributed by atoms with Crippen LogP contribution >= 0.6 is 0 Å². The molecule has 112 valence electrons. The minimum Gasteiger partial charge on any atom is -0.507 e. The van der Waals surface area contributed by atoms with Gasteiger partial charge >= 0.3 is 5.97 Å². The number of rotatable bonds is 7. The summed E-state index contributed by atoms with van der Waals surface area (Å²) in [5, 5.41) is 19.5. The van der Waals surface area contributed by atoms with Crippen molar-refractivity contribution in [3.63, 3.8) is 0 Å². The van der Waals surface area contributed by atoms with Crippen LogP contribution in [0.25, 0.3) is 0 Å². The van der Waals surface area contributed by atoms with Crippen molar-refractivity contribution in [2.24, 2.45) is 0 Å². The molecule has 0 amide bonds. The maximum Gasteiger partial charge on any atom is 0.339 e. The van der Waals surface area contributed by atoms with Crippen molar-refractivity contribution in [3.05, 3.63) is 28.8 Å². The Hall–Kier alpha value is -1.51. The van der Waals surface area contributed by atoms with E-state index in [0.29, 0.717) is 0 Å². The summed E-state index contributed by atoms with van der Waals surface area (Å²) in [5.41, 5.74) is 1.52. The van der Waals surface area contributed by atoms with Gasteiger partial charge in [0.15, 0.2) is 0 Å². The molecule has 20 heavy (non-hydrogen) atoms. The molecule has 3 nitrogen and oxygen atoms in total. The van der Waals surface area contributed by atoms with Crippen LogP contribution in [0, 0.1) is 0 Å². The topological polar surface area (TPSA) is 57.5 Å². The number of hydrogen-bond acceptors (Lipinski definition) is 2. The van der Waals surface area contributed by atoms with Crippen molar-refractivity contribution in [1.29, 1.82) is 0 Å². The number of aryl methyl sites for hydroxylation is 1. The molecule has 0 saturated heterocycles. The number of hydrogen-bond donors (Lipinski definition) is 2. The van der Waals surface area contributed by atoms with Gasteiger partial charge in [-0.05, 0) is 29.9 Å². The molecule has 0 radical (unpaired) electrons. The largest absolute Gasteiger partial charge is 0.507 e. The van der Waals surface area contributed by atoms with E-state index in [9.17, 15) is 15.0 Å². The van der Waals surface area contributed by atoms with Gasteiger partial charge in [-0.3, -0.25) is 0 Å². The first kappa shape index (κ1) is 16.5. The van der Waals surface area contributed by atoms with Crippen LogP contribution in [-0.2, 0) is 11.8 Å². The van der Waals surface area contributed by atoms with E-state index in [-0.39, 0.29) is 16.7 Å². The van der Waals surface area contributed by atoms with Gasteiger partial charge < -0.3 is 10.2 Å². The number of carbonyl (C=O) groups is 1. The molecular weight excluding hydrogens is 252 g/mol. The summed E-state index contributed by atoms with van der Waals surface area (Å²) in [7, 11) is 0. The SMILES string of the molecule is CCCCCC(C)(C)c1cc(CC)cc(C(=O)O)c1O. The second-order valence-corrected chi connectivity index (χ2v) is 6.04. The lowest BCUT2D eigenvalue weighted by Gasteiger charge is -2.27. The first-order chi connectivity index (χ1) is 9.33. The Kier molecular flexibility index (Phi) is 5.61. The standard InChI is InChI=1S/C17H26O3/c1-5-7-8-9-17(3,4)14-11-12(6-2)10-13(15(14)18)16(19)20/h10-11,18H,5-9H2,1-4H3,(H,19,20). The third-order valence-electron chi connectivity index (χ3n) is 3.94. The van der Waals surface area contributed by atoms with Crippen molar-refractivity contribution in [2.45, 2.75) is 65.2 Å². The Morgan fingerprint density at radius 3 is 2.35 bits per heavy atom. The van der Waals surface area contributed by atoms with Crippen molar-refractivity contribution in [3.8, 4) is 5.75 Å². The first-order valence-corrected chi connectivity index (χ1v) is 7.43. The summed E-state index contributed by atoms with van der Waals surface area (Å²) in [5.74, 6) is -1.14. The van der Waals surface area contributed by atoms with Gasteiger partial charge in [0, 0.05) is 5.56 Å². The molecule has 0 fully saturated rings. The molecule has 1 rings (SSSR count). The zero-order valence-corrected chi connectivity index (χ0v) is 13.0. The Bertz CT molecular complexity index is 475. The van der Waals surface area contributed by atoms with E-state index in [0.717, 1.165) is 43.2 Å². The number of phenols is 1. The summed E-state index contributed by atoms with van der Waals surface area (Å²) in [6, 6.07) is 3.52. The fourth-order valence-corrected chi connectivity index (χ4v) is 2.53. The Labute approximate surface area is 121 Å². The van der Waals surface area contributed by atoms with Crippen LogP contribution < -0.4 is 0 Å². The van der Waals surface area contributed by atoms with Gasteiger partial charge in [-0.1, -0.05) is 53.0 Å². The number of aromatic carboxylic acids is 1. The molecule has 1 aromatic rings. The van der Waals surface area contributed by atoms with E-state index in [4.69, 9.17) is 0 Å². The molecule has 0 bridgehead atoms. The quantitative estimate of drug-likeness (QED) is 0.721. The highest BCUT2D eigenvalue weighted by atomic mass is 16.4. The number of aromatic hydroxyl groups is 1. The smallest absolute Gasteiger partial charge is 0.339 e. The van der Waals surface area contributed by atoms with Crippen molar-refractivity contribution in [2.75, 3.05) is 0 Å². The molecule has 0 atom stereocenters. The minimum absolute atomic E-state index is 0.0166. The molecule has 0 heterocycles. The van der Waals surface area contributed by atoms with Gasteiger partial charge in [0.05, 0.1) is 0 Å². The third-order valence-corrected chi connectivity index (χ3v) is 3.94. The van der Waals surface area contributed by atoms with Crippen LogP contribution in [0.1, 0.15) is 74.9 Å². The molecule has 1 aromatic carbocycles. The average Bonchev–Trinajstić information content (AvgIpc) is 2.38. The highest BCUT2D eigenvalue weighted by Gasteiger charge is 2.27. The van der Waals surface area contributed by atoms with Crippen LogP contribution in [0.15, 0.2) is 12.1 Å². The predicted octanol–water partition coefficient (Wildman–Crippen LogP) is 4.51. The number of unbranched alkanes of at least 4 members (excludes halogenated alkanes) is 2.